The smallest absolute Gasteiger partial charge is 0.272 e. The van der Waals surface area contributed by atoms with Crippen molar-refractivity contribution < 1.29 is 9.53 Å². The Balaban J connectivity index is 1.37. The van der Waals surface area contributed by atoms with Crippen LogP contribution in [0.5, 0.6) is 5.75 Å². The largest absolute Gasteiger partial charge is 0.496 e. The van der Waals surface area contributed by atoms with Crippen molar-refractivity contribution in [3.05, 3.63) is 102 Å². The number of hydrogen-bond donors (Lipinski definition) is 0. The molecule has 0 unspecified atom stereocenters. The topological polar surface area (TPSA) is 63.0 Å². The van der Waals surface area contributed by atoms with Gasteiger partial charge in [0.15, 0.2) is 5.65 Å². The van der Waals surface area contributed by atoms with Gasteiger partial charge < -0.3 is 14.5 Å². The van der Waals surface area contributed by atoms with Gasteiger partial charge in [-0.05, 0) is 36.8 Å². The first-order valence-electron chi connectivity index (χ1n) is 12.8. The molecule has 6 rings (SSSR count). The number of carbonyl (C=O) groups excluding carboxylic acids is 1. The molecule has 3 heterocycles. The van der Waals surface area contributed by atoms with Crippen molar-refractivity contribution in [3.63, 3.8) is 0 Å². The highest BCUT2D eigenvalue weighted by Crippen LogP contribution is 2.32. The molecule has 0 spiro atoms. The Morgan fingerprint density at radius 1 is 0.842 bits per heavy atom. The minimum atomic E-state index is -0.0736. The molecular formula is C31H29N5O2. The number of methoxy groups -OCH3 is 1. The lowest BCUT2D eigenvalue weighted by Crippen LogP contribution is -2.49. The number of piperazine rings is 1. The lowest BCUT2D eigenvalue weighted by Gasteiger charge is -2.36. The van der Waals surface area contributed by atoms with Gasteiger partial charge >= 0.3 is 0 Å². The number of ether oxygens (including phenoxy) is 1. The highest BCUT2D eigenvalue weighted by molar-refractivity contribution is 5.94. The summed E-state index contributed by atoms with van der Waals surface area (Å²) in [5.41, 5.74) is 6.90. The summed E-state index contributed by atoms with van der Waals surface area (Å²) in [6.07, 6.45) is 0. The molecule has 0 atom stereocenters. The highest BCUT2D eigenvalue weighted by atomic mass is 16.5. The first-order valence-corrected chi connectivity index (χ1v) is 12.8. The average Bonchev–Trinajstić information content (AvgIpc) is 3.42. The van der Waals surface area contributed by atoms with E-state index >= 15 is 0 Å². The Bertz CT molecular complexity index is 1600. The quantitative estimate of drug-likeness (QED) is 0.324. The van der Waals surface area contributed by atoms with Gasteiger partial charge in [0.05, 0.1) is 18.5 Å². The lowest BCUT2D eigenvalue weighted by molar-refractivity contribution is 0.0741. The standard InChI is InChI=1S/C31H29N5O2/c1-22-10-6-8-14-27(22)34-16-18-35(19-17-34)31(37)26-20-28(24-13-7-9-15-29(24)38-2)36-30(32-26)21-25(33-36)23-11-4-3-5-12-23/h3-15,20-21H,16-19H2,1-2H3. The van der Waals surface area contributed by atoms with Crippen LogP contribution in [0, 0.1) is 6.92 Å². The molecule has 1 amide bonds. The van der Waals surface area contributed by atoms with Crippen molar-refractivity contribution in [2.75, 3.05) is 38.2 Å². The molecular weight excluding hydrogens is 474 g/mol. The Morgan fingerprint density at radius 2 is 1.55 bits per heavy atom. The molecule has 38 heavy (non-hydrogen) atoms. The van der Waals surface area contributed by atoms with E-state index in [-0.39, 0.29) is 5.91 Å². The van der Waals surface area contributed by atoms with Crippen LogP contribution in [0.25, 0.3) is 28.2 Å². The van der Waals surface area contributed by atoms with E-state index < -0.39 is 0 Å². The number of benzene rings is 3. The molecule has 1 aliphatic heterocycles. The normalized spacial score (nSPS) is 13.6. The molecule has 0 N–H and O–H groups in total. The third-order valence-corrected chi connectivity index (χ3v) is 7.12. The van der Waals surface area contributed by atoms with E-state index in [4.69, 9.17) is 14.8 Å². The van der Waals surface area contributed by atoms with Crippen molar-refractivity contribution in [1.29, 1.82) is 0 Å². The molecule has 0 saturated carbocycles. The van der Waals surface area contributed by atoms with Gasteiger partial charge in [-0.25, -0.2) is 9.50 Å². The fourth-order valence-corrected chi connectivity index (χ4v) is 5.11. The van der Waals surface area contributed by atoms with Crippen LogP contribution in [0.2, 0.25) is 0 Å². The summed E-state index contributed by atoms with van der Waals surface area (Å²) in [6.45, 7) is 4.96. The summed E-state index contributed by atoms with van der Waals surface area (Å²) >= 11 is 0. The average molecular weight is 504 g/mol. The first-order chi connectivity index (χ1) is 18.6. The summed E-state index contributed by atoms with van der Waals surface area (Å²) < 4.78 is 7.46. The van der Waals surface area contributed by atoms with Gasteiger partial charge in [-0.1, -0.05) is 60.7 Å². The van der Waals surface area contributed by atoms with Crippen molar-refractivity contribution in [3.8, 4) is 28.3 Å². The lowest BCUT2D eigenvalue weighted by atomic mass is 10.1. The van der Waals surface area contributed by atoms with Crippen LogP contribution in [0.4, 0.5) is 5.69 Å². The number of hydrogen-bond acceptors (Lipinski definition) is 5. The van der Waals surface area contributed by atoms with Gasteiger partial charge in [0.2, 0.25) is 0 Å². The fourth-order valence-electron chi connectivity index (χ4n) is 5.11. The molecule has 190 valence electrons. The maximum absolute atomic E-state index is 13.8. The van der Waals surface area contributed by atoms with Crippen molar-refractivity contribution in [2.24, 2.45) is 0 Å². The number of nitrogens with zero attached hydrogens (tertiary/aromatic N) is 5. The van der Waals surface area contributed by atoms with Crippen molar-refractivity contribution in [1.82, 2.24) is 19.5 Å². The van der Waals surface area contributed by atoms with Gasteiger partial charge in [-0.15, -0.1) is 0 Å². The van der Waals surface area contributed by atoms with E-state index in [1.807, 2.05) is 71.6 Å². The maximum atomic E-state index is 13.8. The first kappa shape index (κ1) is 23.7. The molecule has 1 saturated heterocycles. The second-order valence-corrected chi connectivity index (χ2v) is 9.46. The van der Waals surface area contributed by atoms with Crippen molar-refractivity contribution >= 4 is 17.2 Å². The molecule has 7 heteroatoms. The van der Waals surface area contributed by atoms with Crippen LogP contribution in [-0.2, 0) is 0 Å². The SMILES string of the molecule is COc1ccccc1-c1cc(C(=O)N2CCN(c3ccccc3C)CC2)nc2cc(-c3ccccc3)nn12. The van der Waals surface area contributed by atoms with E-state index in [0.717, 1.165) is 35.6 Å². The molecule has 1 fully saturated rings. The molecule has 1 aliphatic rings. The molecule has 0 radical (unpaired) electrons. The summed E-state index contributed by atoms with van der Waals surface area (Å²) in [5.74, 6) is 0.637. The van der Waals surface area contributed by atoms with Gasteiger partial charge in [0, 0.05) is 49.1 Å². The van der Waals surface area contributed by atoms with Crippen LogP contribution in [0.3, 0.4) is 0 Å². The predicted octanol–water partition coefficient (Wildman–Crippen LogP) is 5.34. The van der Waals surface area contributed by atoms with E-state index in [1.54, 1.807) is 11.6 Å². The molecule has 5 aromatic rings. The summed E-state index contributed by atoms with van der Waals surface area (Å²) in [6, 6.07) is 29.9. The van der Waals surface area contributed by atoms with Crippen molar-refractivity contribution in [2.45, 2.75) is 6.92 Å². The van der Waals surface area contributed by atoms with Gasteiger partial charge in [-0.3, -0.25) is 4.79 Å². The number of amides is 1. The highest BCUT2D eigenvalue weighted by Gasteiger charge is 2.26. The Labute approximate surface area is 221 Å². The molecule has 2 aromatic heterocycles. The monoisotopic (exact) mass is 503 g/mol. The zero-order valence-corrected chi connectivity index (χ0v) is 21.5. The van der Waals surface area contributed by atoms with Crippen LogP contribution < -0.4 is 9.64 Å². The minimum Gasteiger partial charge on any atom is -0.496 e. The number of fused-ring (bicyclic) bond motifs is 1. The number of anilines is 1. The van der Waals surface area contributed by atoms with E-state index in [2.05, 4.69) is 36.1 Å². The van der Waals surface area contributed by atoms with E-state index in [1.165, 1.54) is 11.3 Å². The predicted molar refractivity (Wildman–Crippen MR) is 150 cm³/mol. The van der Waals surface area contributed by atoms with Crippen LogP contribution in [0.15, 0.2) is 91.0 Å². The summed E-state index contributed by atoms with van der Waals surface area (Å²) in [4.78, 5) is 22.8. The zero-order chi connectivity index (χ0) is 26.1. The number of rotatable bonds is 5. The number of para-hydroxylation sites is 2. The number of aryl methyl sites for hydroxylation is 1. The van der Waals surface area contributed by atoms with E-state index in [0.29, 0.717) is 30.2 Å². The molecule has 7 nitrogen and oxygen atoms in total. The number of carbonyl (C=O) groups is 1. The van der Waals surface area contributed by atoms with Crippen LogP contribution >= 0.6 is 0 Å². The Morgan fingerprint density at radius 3 is 2.32 bits per heavy atom. The molecule has 3 aromatic carbocycles. The second-order valence-electron chi connectivity index (χ2n) is 9.46. The van der Waals surface area contributed by atoms with Gasteiger partial charge in [-0.2, -0.15) is 5.10 Å². The van der Waals surface area contributed by atoms with Crippen LogP contribution in [-0.4, -0.2) is 58.7 Å². The van der Waals surface area contributed by atoms with Gasteiger partial charge in [0.1, 0.15) is 11.4 Å². The Hall–Kier alpha value is -4.65. The Kier molecular flexibility index (Phi) is 6.25. The maximum Gasteiger partial charge on any atom is 0.272 e. The third-order valence-electron chi connectivity index (χ3n) is 7.12. The van der Waals surface area contributed by atoms with Crippen LogP contribution in [0.1, 0.15) is 16.1 Å². The molecule has 0 aliphatic carbocycles. The zero-order valence-electron chi connectivity index (χ0n) is 21.5. The van der Waals surface area contributed by atoms with E-state index in [9.17, 15) is 4.79 Å². The second kappa shape index (κ2) is 10.0. The van der Waals surface area contributed by atoms with Gasteiger partial charge in [0.25, 0.3) is 5.91 Å². The summed E-state index contributed by atoms with van der Waals surface area (Å²) in [7, 11) is 1.65. The summed E-state index contributed by atoms with van der Waals surface area (Å²) in [5, 5.41) is 4.87. The molecule has 0 bridgehead atoms. The third kappa shape index (κ3) is 4.36. The number of aromatic nitrogens is 3. The minimum absolute atomic E-state index is 0.0736. The fraction of sp³-hybridized carbons (Fsp3) is 0.194.